The molecule has 0 aromatic heterocycles. The fourth-order valence-electron chi connectivity index (χ4n) is 1.75. The van der Waals surface area contributed by atoms with Gasteiger partial charge >= 0.3 is 128 Å². The number of nitrogens with zero attached hydrogens (tertiary/aromatic N) is 3. The van der Waals surface area contributed by atoms with Crippen LogP contribution in [0.25, 0.3) is 0 Å². The van der Waals surface area contributed by atoms with E-state index in [2.05, 4.69) is 49.7 Å². The van der Waals surface area contributed by atoms with Crippen molar-refractivity contribution in [3.05, 3.63) is 60.7 Å². The van der Waals surface area contributed by atoms with Crippen LogP contribution in [0.15, 0.2) is 65.7 Å². The molecule has 0 radical (unpaired) electrons. The normalized spacial score (nSPS) is 10.5. The number of rotatable bonds is 5. The Morgan fingerprint density at radius 2 is 1.35 bits per heavy atom. The third-order valence-electron chi connectivity index (χ3n) is 2.62. The van der Waals surface area contributed by atoms with Crippen molar-refractivity contribution in [3.63, 3.8) is 0 Å². The average molecular weight is 330 g/mol. The van der Waals surface area contributed by atoms with Gasteiger partial charge in [0.15, 0.2) is 0 Å². The Labute approximate surface area is 127 Å². The van der Waals surface area contributed by atoms with Gasteiger partial charge in [-0.2, -0.15) is 0 Å². The van der Waals surface area contributed by atoms with Crippen molar-refractivity contribution < 1.29 is 0 Å². The van der Waals surface area contributed by atoms with Gasteiger partial charge in [0.1, 0.15) is 0 Å². The number of hydrogen-bond donors (Lipinski definition) is 0. The maximum atomic E-state index is 4.46. The van der Waals surface area contributed by atoms with Crippen LogP contribution in [-0.2, 0) is 0 Å². The molecule has 0 aliphatic heterocycles. The fraction of sp³-hybridized carbons (Fsp3) is 0.125. The summed E-state index contributed by atoms with van der Waals surface area (Å²) in [6.45, 7) is 0. The zero-order valence-corrected chi connectivity index (χ0v) is 13.3. The molecule has 0 amide bonds. The summed E-state index contributed by atoms with van der Waals surface area (Å²) in [5.41, 5.74) is 2.15. The van der Waals surface area contributed by atoms with Crippen LogP contribution in [0.3, 0.4) is 0 Å². The van der Waals surface area contributed by atoms with E-state index < -0.39 is 0 Å². The minimum absolute atomic E-state index is 0.802. The summed E-state index contributed by atoms with van der Waals surface area (Å²) in [5, 5.41) is 0. The van der Waals surface area contributed by atoms with Gasteiger partial charge < -0.3 is 0 Å². The number of aliphatic imine (C=N–C) groups is 1. The van der Waals surface area contributed by atoms with Crippen molar-refractivity contribution in [2.24, 2.45) is 4.99 Å². The molecule has 0 atom stereocenters. The molecule has 0 fully saturated rings. The molecule has 0 saturated carbocycles. The quantitative estimate of drug-likeness (QED) is 0.477. The Kier molecular flexibility index (Phi) is 5.10. The third kappa shape index (κ3) is 3.80. The summed E-state index contributed by atoms with van der Waals surface area (Å²) in [7, 11) is 3.90. The molecule has 2 rings (SSSR count). The molecule has 2 aromatic carbocycles. The average Bonchev–Trinajstić information content (AvgIpc) is 2.48. The van der Waals surface area contributed by atoms with Gasteiger partial charge in [0.2, 0.25) is 0 Å². The van der Waals surface area contributed by atoms with E-state index >= 15 is 0 Å². The molecule has 20 heavy (non-hydrogen) atoms. The molecule has 0 saturated heterocycles. The summed E-state index contributed by atoms with van der Waals surface area (Å²) >= 11 is 3.05. The Hall–Kier alpha value is -1.90. The Morgan fingerprint density at radius 3 is 1.75 bits per heavy atom. The predicted octanol–water partition coefficient (Wildman–Crippen LogP) is 2.67. The van der Waals surface area contributed by atoms with E-state index in [0.29, 0.717) is 0 Å². The number of anilines is 2. The fourth-order valence-corrected chi connectivity index (χ4v) is 2.29. The molecular weight excluding hydrogens is 313 g/mol. The molecule has 0 unspecified atom stereocenters. The van der Waals surface area contributed by atoms with Crippen molar-refractivity contribution in [3.8, 4) is 0 Å². The molecule has 102 valence electrons. The van der Waals surface area contributed by atoms with Gasteiger partial charge in [0, 0.05) is 0 Å². The zero-order valence-electron chi connectivity index (χ0n) is 11.6. The molecule has 3 nitrogen and oxygen atoms in total. The summed E-state index contributed by atoms with van der Waals surface area (Å²) in [6.07, 6.45) is 1.78. The van der Waals surface area contributed by atoms with Gasteiger partial charge in [0.05, 0.1) is 0 Å². The minimum atomic E-state index is 0.802. The van der Waals surface area contributed by atoms with Crippen LogP contribution in [0.4, 0.5) is 11.4 Å². The first kappa shape index (κ1) is 14.5. The monoisotopic (exact) mass is 331 g/mol. The molecule has 0 spiro atoms. The summed E-state index contributed by atoms with van der Waals surface area (Å²) in [4.78, 5) is 8.46. The SMILES string of the molecule is CN(C)/C=N/C(=[Se])N(c1ccccc1)c1ccccc1. The third-order valence-corrected chi connectivity index (χ3v) is 3.22. The van der Waals surface area contributed by atoms with Crippen LogP contribution < -0.4 is 4.90 Å². The van der Waals surface area contributed by atoms with Crippen molar-refractivity contribution >= 4 is 38.0 Å². The second-order valence-corrected chi connectivity index (χ2v) is 5.26. The van der Waals surface area contributed by atoms with Crippen molar-refractivity contribution in [1.82, 2.24) is 4.90 Å². The topological polar surface area (TPSA) is 18.8 Å². The molecular formula is C16H17N3Se. The summed E-state index contributed by atoms with van der Waals surface area (Å²) in [6, 6.07) is 20.4. The van der Waals surface area contributed by atoms with Crippen molar-refractivity contribution in [2.45, 2.75) is 0 Å². The van der Waals surface area contributed by atoms with E-state index in [1.165, 1.54) is 0 Å². The first-order valence-electron chi connectivity index (χ1n) is 6.33. The second-order valence-electron chi connectivity index (χ2n) is 4.50. The molecule has 0 heterocycles. The van der Waals surface area contributed by atoms with Crippen molar-refractivity contribution in [2.75, 3.05) is 19.0 Å². The number of para-hydroxylation sites is 2. The van der Waals surface area contributed by atoms with E-state index in [1.54, 1.807) is 6.34 Å². The Bertz CT molecular complexity index is 540. The van der Waals surface area contributed by atoms with E-state index in [-0.39, 0.29) is 0 Å². The Morgan fingerprint density at radius 1 is 0.900 bits per heavy atom. The summed E-state index contributed by atoms with van der Waals surface area (Å²) < 4.78 is 0.802. The first-order valence-corrected chi connectivity index (χ1v) is 7.19. The van der Waals surface area contributed by atoms with Gasteiger partial charge in [-0.15, -0.1) is 0 Å². The van der Waals surface area contributed by atoms with Crippen LogP contribution in [0.1, 0.15) is 0 Å². The molecule has 4 heteroatoms. The van der Waals surface area contributed by atoms with Crippen LogP contribution >= 0.6 is 0 Å². The van der Waals surface area contributed by atoms with Crippen molar-refractivity contribution in [1.29, 1.82) is 0 Å². The molecule has 0 aliphatic carbocycles. The van der Waals surface area contributed by atoms with E-state index in [9.17, 15) is 0 Å². The van der Waals surface area contributed by atoms with Crippen LogP contribution in [0, 0.1) is 0 Å². The van der Waals surface area contributed by atoms with E-state index in [0.717, 1.165) is 16.0 Å². The van der Waals surface area contributed by atoms with Crippen LogP contribution in [0.5, 0.6) is 0 Å². The van der Waals surface area contributed by atoms with Gasteiger partial charge in [-0.3, -0.25) is 0 Å². The number of benzene rings is 2. The van der Waals surface area contributed by atoms with Gasteiger partial charge in [-0.05, 0) is 0 Å². The van der Waals surface area contributed by atoms with E-state index in [4.69, 9.17) is 0 Å². The van der Waals surface area contributed by atoms with Gasteiger partial charge in [-0.25, -0.2) is 0 Å². The maximum absolute atomic E-state index is 4.46. The predicted molar refractivity (Wildman–Crippen MR) is 88.0 cm³/mol. The van der Waals surface area contributed by atoms with Gasteiger partial charge in [0.25, 0.3) is 0 Å². The zero-order chi connectivity index (χ0) is 14.4. The molecule has 2 aromatic rings. The standard InChI is InChI=1S/C16H17N3Se/c1-18(2)13-17-16(20)19(14-9-5-3-6-10-14)15-11-7-4-8-12-15/h3-13H,1-2H3/b17-13+. The number of hydrogen-bond acceptors (Lipinski definition) is 2. The Balaban J connectivity index is 2.38. The van der Waals surface area contributed by atoms with Crippen LogP contribution in [-0.4, -0.2) is 45.6 Å². The second kappa shape index (κ2) is 7.04. The van der Waals surface area contributed by atoms with Crippen LogP contribution in [0.2, 0.25) is 0 Å². The summed E-state index contributed by atoms with van der Waals surface area (Å²) in [5.74, 6) is 0. The molecule has 0 N–H and O–H groups in total. The first-order chi connectivity index (χ1) is 9.68. The van der Waals surface area contributed by atoms with Gasteiger partial charge in [-0.1, -0.05) is 0 Å². The molecule has 0 bridgehead atoms. The molecule has 0 aliphatic rings. The van der Waals surface area contributed by atoms with E-state index in [1.807, 2.05) is 55.4 Å².